The molecule has 1 amide bonds. The van der Waals surface area contributed by atoms with E-state index in [4.69, 9.17) is 10.5 Å². The second-order valence-electron chi connectivity index (χ2n) is 6.86. The first kappa shape index (κ1) is 21.9. The molecule has 152 valence electrons. The minimum absolute atomic E-state index is 0. The van der Waals surface area contributed by atoms with E-state index in [1.165, 1.54) is 8.61 Å². The molecule has 0 aliphatic carbocycles. The van der Waals surface area contributed by atoms with Crippen LogP contribution >= 0.6 is 12.4 Å². The number of halogens is 1. The van der Waals surface area contributed by atoms with Crippen LogP contribution in [0.1, 0.15) is 24.2 Å². The lowest BCUT2D eigenvalue weighted by Crippen LogP contribution is -2.57. The molecule has 8 nitrogen and oxygen atoms in total. The van der Waals surface area contributed by atoms with Crippen LogP contribution in [0.25, 0.3) is 0 Å². The summed E-state index contributed by atoms with van der Waals surface area (Å²) in [7, 11) is -3.55. The number of ether oxygens (including phenoxy) is 1. The van der Waals surface area contributed by atoms with Gasteiger partial charge in [-0.3, -0.25) is 4.79 Å². The maximum atomic E-state index is 12.9. The van der Waals surface area contributed by atoms with Crippen molar-refractivity contribution < 1.29 is 17.9 Å². The molecule has 2 heterocycles. The Morgan fingerprint density at radius 1 is 1.04 bits per heavy atom. The lowest BCUT2D eigenvalue weighted by molar-refractivity contribution is -0.0457. The molecule has 0 radical (unpaired) electrons. The van der Waals surface area contributed by atoms with Crippen LogP contribution in [0.5, 0.6) is 0 Å². The highest BCUT2D eigenvalue weighted by Gasteiger charge is 2.37. The van der Waals surface area contributed by atoms with Gasteiger partial charge in [0, 0.05) is 45.0 Å². The van der Waals surface area contributed by atoms with E-state index in [1.54, 1.807) is 29.2 Å². The predicted molar refractivity (Wildman–Crippen MR) is 106 cm³/mol. The van der Waals surface area contributed by atoms with Crippen LogP contribution in [0.2, 0.25) is 0 Å². The van der Waals surface area contributed by atoms with Crippen LogP contribution in [0.3, 0.4) is 0 Å². The van der Waals surface area contributed by atoms with Crippen LogP contribution in [-0.4, -0.2) is 79.3 Å². The SMILES string of the molecule is CC1CN(S(=O)(=O)N2CCN(C(=O)c3ccccc3N)CC2)CC(C)O1.Cl. The third kappa shape index (κ3) is 4.72. The van der Waals surface area contributed by atoms with Crippen molar-refractivity contribution in [2.24, 2.45) is 0 Å². The van der Waals surface area contributed by atoms with E-state index >= 15 is 0 Å². The Balaban J connectivity index is 0.00000261. The molecule has 2 atom stereocenters. The van der Waals surface area contributed by atoms with Gasteiger partial charge >= 0.3 is 0 Å². The van der Waals surface area contributed by atoms with E-state index in [1.807, 2.05) is 13.8 Å². The number of para-hydroxylation sites is 1. The van der Waals surface area contributed by atoms with E-state index in [-0.39, 0.29) is 43.6 Å². The first-order valence-electron chi connectivity index (χ1n) is 8.83. The molecule has 1 aromatic carbocycles. The van der Waals surface area contributed by atoms with Gasteiger partial charge in [-0.25, -0.2) is 0 Å². The normalized spacial score (nSPS) is 25.0. The van der Waals surface area contributed by atoms with Crippen molar-refractivity contribution in [2.45, 2.75) is 26.1 Å². The quantitative estimate of drug-likeness (QED) is 0.732. The Morgan fingerprint density at radius 2 is 1.59 bits per heavy atom. The Kier molecular flexibility index (Phi) is 7.09. The maximum Gasteiger partial charge on any atom is 0.282 e. The molecule has 10 heteroatoms. The number of anilines is 1. The molecule has 2 unspecified atom stereocenters. The van der Waals surface area contributed by atoms with Crippen LogP contribution in [0.15, 0.2) is 24.3 Å². The molecule has 2 N–H and O–H groups in total. The van der Waals surface area contributed by atoms with Crippen LogP contribution in [0, 0.1) is 0 Å². The van der Waals surface area contributed by atoms with Gasteiger partial charge in [-0.15, -0.1) is 12.4 Å². The van der Waals surface area contributed by atoms with Crippen molar-refractivity contribution >= 4 is 34.2 Å². The highest BCUT2D eigenvalue weighted by Crippen LogP contribution is 2.20. The van der Waals surface area contributed by atoms with Crippen LogP contribution < -0.4 is 5.73 Å². The number of piperazine rings is 1. The minimum Gasteiger partial charge on any atom is -0.398 e. The Labute approximate surface area is 166 Å². The Hall–Kier alpha value is -1.39. The van der Waals surface area contributed by atoms with E-state index in [2.05, 4.69) is 0 Å². The van der Waals surface area contributed by atoms with Crippen LogP contribution in [-0.2, 0) is 14.9 Å². The van der Waals surface area contributed by atoms with E-state index in [9.17, 15) is 13.2 Å². The van der Waals surface area contributed by atoms with E-state index in [0.717, 1.165) is 0 Å². The second-order valence-corrected chi connectivity index (χ2v) is 8.79. The third-order valence-corrected chi connectivity index (χ3v) is 6.72. The largest absolute Gasteiger partial charge is 0.398 e. The van der Waals surface area contributed by atoms with Crippen molar-refractivity contribution in [1.82, 2.24) is 13.5 Å². The average molecular weight is 419 g/mol. The number of hydrogen-bond acceptors (Lipinski definition) is 5. The van der Waals surface area contributed by atoms with Gasteiger partial charge in [-0.2, -0.15) is 17.0 Å². The number of hydrogen-bond donors (Lipinski definition) is 1. The molecule has 2 aliphatic heterocycles. The van der Waals surface area contributed by atoms with Crippen molar-refractivity contribution in [3.63, 3.8) is 0 Å². The number of morpholine rings is 1. The fourth-order valence-corrected chi connectivity index (χ4v) is 5.21. The molecule has 2 aliphatic rings. The van der Waals surface area contributed by atoms with Crippen molar-refractivity contribution in [3.05, 3.63) is 29.8 Å². The number of carbonyl (C=O) groups excluding carboxylic acids is 1. The lowest BCUT2D eigenvalue weighted by Gasteiger charge is -2.40. The summed E-state index contributed by atoms with van der Waals surface area (Å²) in [6, 6.07) is 6.93. The van der Waals surface area contributed by atoms with Gasteiger partial charge in [-0.1, -0.05) is 12.1 Å². The van der Waals surface area contributed by atoms with Crippen molar-refractivity contribution in [2.75, 3.05) is 45.0 Å². The second kappa shape index (κ2) is 8.74. The summed E-state index contributed by atoms with van der Waals surface area (Å²) in [6.45, 7) is 5.71. The topological polar surface area (TPSA) is 96.2 Å². The monoisotopic (exact) mass is 418 g/mol. The van der Waals surface area contributed by atoms with Gasteiger partial charge in [0.1, 0.15) is 0 Å². The summed E-state index contributed by atoms with van der Waals surface area (Å²) < 4.78 is 34.4. The van der Waals surface area contributed by atoms with Crippen molar-refractivity contribution in [1.29, 1.82) is 0 Å². The van der Waals surface area contributed by atoms with Gasteiger partial charge in [0.15, 0.2) is 0 Å². The average Bonchev–Trinajstić information content (AvgIpc) is 2.61. The fourth-order valence-electron chi connectivity index (χ4n) is 3.47. The highest BCUT2D eigenvalue weighted by molar-refractivity contribution is 7.86. The molecular weight excluding hydrogens is 392 g/mol. The minimum atomic E-state index is -3.55. The number of nitrogens with two attached hydrogens (primary N) is 1. The molecular formula is C17H27ClN4O4S. The zero-order valence-corrected chi connectivity index (χ0v) is 17.2. The number of nitrogen functional groups attached to an aromatic ring is 1. The molecule has 1 aromatic rings. The molecule has 0 bridgehead atoms. The summed E-state index contributed by atoms with van der Waals surface area (Å²) in [6.07, 6.45) is -0.255. The number of rotatable bonds is 3. The maximum absolute atomic E-state index is 12.9. The van der Waals surface area contributed by atoms with Crippen LogP contribution in [0.4, 0.5) is 5.69 Å². The molecule has 0 aromatic heterocycles. The summed E-state index contributed by atoms with van der Waals surface area (Å²) in [4.78, 5) is 14.3. The Bertz CT molecular complexity index is 758. The van der Waals surface area contributed by atoms with Gasteiger partial charge in [0.25, 0.3) is 16.1 Å². The fraction of sp³-hybridized carbons (Fsp3) is 0.588. The summed E-state index contributed by atoms with van der Waals surface area (Å²) in [5, 5.41) is 0. The van der Waals surface area contributed by atoms with Gasteiger partial charge in [-0.05, 0) is 26.0 Å². The molecule has 0 spiro atoms. The zero-order valence-electron chi connectivity index (χ0n) is 15.6. The number of amides is 1. The number of nitrogens with zero attached hydrogens (tertiary/aromatic N) is 3. The number of carbonyl (C=O) groups is 1. The van der Waals surface area contributed by atoms with E-state index in [0.29, 0.717) is 37.4 Å². The molecule has 2 saturated heterocycles. The van der Waals surface area contributed by atoms with Gasteiger partial charge in [0.05, 0.1) is 17.8 Å². The molecule has 0 saturated carbocycles. The zero-order chi connectivity index (χ0) is 18.9. The molecule has 27 heavy (non-hydrogen) atoms. The standard InChI is InChI=1S/C17H26N4O4S.ClH/c1-13-11-21(12-14(2)25-13)26(23,24)20-9-7-19(8-10-20)17(22)15-5-3-4-6-16(15)18;/h3-6,13-14H,7-12,18H2,1-2H3;1H. The first-order valence-corrected chi connectivity index (χ1v) is 10.2. The summed E-state index contributed by atoms with van der Waals surface area (Å²) in [5.41, 5.74) is 6.77. The smallest absolute Gasteiger partial charge is 0.282 e. The molecule has 3 rings (SSSR count). The predicted octanol–water partition coefficient (Wildman–Crippen LogP) is 0.802. The van der Waals surface area contributed by atoms with Crippen molar-refractivity contribution in [3.8, 4) is 0 Å². The highest BCUT2D eigenvalue weighted by atomic mass is 35.5. The molecule has 2 fully saturated rings. The number of benzene rings is 1. The Morgan fingerprint density at radius 3 is 2.15 bits per heavy atom. The lowest BCUT2D eigenvalue weighted by atomic mass is 10.1. The summed E-state index contributed by atoms with van der Waals surface area (Å²) in [5.74, 6) is -0.159. The third-order valence-electron chi connectivity index (χ3n) is 4.76. The van der Waals surface area contributed by atoms with Gasteiger partial charge in [0.2, 0.25) is 0 Å². The summed E-state index contributed by atoms with van der Waals surface area (Å²) >= 11 is 0. The van der Waals surface area contributed by atoms with Gasteiger partial charge < -0.3 is 15.4 Å². The first-order chi connectivity index (χ1) is 12.3. The van der Waals surface area contributed by atoms with E-state index < -0.39 is 10.2 Å².